The van der Waals surface area contributed by atoms with Crippen LogP contribution in [0.3, 0.4) is 0 Å². The predicted molar refractivity (Wildman–Crippen MR) is 58.7 cm³/mol. The zero-order chi connectivity index (χ0) is 12.4. The van der Waals surface area contributed by atoms with Crippen LogP contribution in [0.15, 0.2) is 12.2 Å². The molecule has 5 heteroatoms. The van der Waals surface area contributed by atoms with Crippen molar-refractivity contribution in [3.63, 3.8) is 0 Å². The Bertz CT molecular complexity index is 362. The second kappa shape index (κ2) is 4.69. The summed E-state index contributed by atoms with van der Waals surface area (Å²) in [6, 6.07) is 0. The van der Waals surface area contributed by atoms with E-state index in [-0.39, 0.29) is 36.8 Å². The number of hydrogen-bond acceptors (Lipinski definition) is 4. The highest BCUT2D eigenvalue weighted by atomic mass is 16.5. The number of carbonyl (C=O) groups excluding carboxylic acids is 3. The Labute approximate surface area is 99.4 Å². The lowest BCUT2D eigenvalue weighted by molar-refractivity contribution is -0.152. The summed E-state index contributed by atoms with van der Waals surface area (Å²) in [7, 11) is 0. The second-order valence-electron chi connectivity index (χ2n) is 4.22. The van der Waals surface area contributed by atoms with Crippen LogP contribution in [0.4, 0.5) is 0 Å². The third-order valence-electron chi connectivity index (χ3n) is 3.19. The number of imide groups is 1. The Balaban J connectivity index is 2.07. The molecule has 0 bridgehead atoms. The molecule has 1 aliphatic heterocycles. The van der Waals surface area contributed by atoms with Crippen LogP contribution < -0.4 is 0 Å². The molecule has 17 heavy (non-hydrogen) atoms. The topological polar surface area (TPSA) is 63.7 Å². The molecule has 92 valence electrons. The number of carbonyl (C=O) groups is 3. The van der Waals surface area contributed by atoms with E-state index in [1.807, 2.05) is 12.2 Å². The van der Waals surface area contributed by atoms with Gasteiger partial charge in [0.15, 0.2) is 0 Å². The number of nitrogens with zero attached hydrogens (tertiary/aromatic N) is 1. The summed E-state index contributed by atoms with van der Waals surface area (Å²) in [5.74, 6) is -1.56. The minimum Gasteiger partial charge on any atom is -0.465 e. The van der Waals surface area contributed by atoms with E-state index in [0.29, 0.717) is 12.8 Å². The fraction of sp³-hybridized carbons (Fsp3) is 0.583. The third kappa shape index (κ3) is 2.09. The Hall–Kier alpha value is -1.65. The highest BCUT2D eigenvalue weighted by molar-refractivity contribution is 6.07. The largest absolute Gasteiger partial charge is 0.465 e. The number of allylic oxidation sites excluding steroid dienone is 2. The summed E-state index contributed by atoms with van der Waals surface area (Å²) in [4.78, 5) is 36.3. The predicted octanol–water partition coefficient (Wildman–Crippen LogP) is 0.501. The van der Waals surface area contributed by atoms with E-state index in [0.717, 1.165) is 4.90 Å². The molecule has 0 aromatic carbocycles. The van der Waals surface area contributed by atoms with Gasteiger partial charge in [0.05, 0.1) is 18.4 Å². The molecule has 0 N–H and O–H groups in total. The molecule has 2 aliphatic rings. The van der Waals surface area contributed by atoms with Gasteiger partial charge >= 0.3 is 5.97 Å². The molecule has 0 spiro atoms. The summed E-state index contributed by atoms with van der Waals surface area (Å²) >= 11 is 0. The molecule has 5 nitrogen and oxygen atoms in total. The zero-order valence-corrected chi connectivity index (χ0v) is 9.72. The van der Waals surface area contributed by atoms with E-state index in [4.69, 9.17) is 4.74 Å². The Kier molecular flexibility index (Phi) is 3.26. The van der Waals surface area contributed by atoms with Gasteiger partial charge in [-0.2, -0.15) is 0 Å². The van der Waals surface area contributed by atoms with Gasteiger partial charge in [0.2, 0.25) is 11.8 Å². The molecule has 1 heterocycles. The van der Waals surface area contributed by atoms with Crippen LogP contribution in [0.25, 0.3) is 0 Å². The first kappa shape index (κ1) is 11.8. The number of ether oxygens (including phenoxy) is 1. The molecule has 2 rings (SSSR count). The van der Waals surface area contributed by atoms with Gasteiger partial charge in [-0.1, -0.05) is 12.2 Å². The van der Waals surface area contributed by atoms with Crippen LogP contribution in [0.5, 0.6) is 0 Å². The van der Waals surface area contributed by atoms with Crippen LogP contribution in [0.1, 0.15) is 19.8 Å². The Morgan fingerprint density at radius 1 is 1.29 bits per heavy atom. The van der Waals surface area contributed by atoms with Crippen molar-refractivity contribution in [2.75, 3.05) is 13.2 Å². The minimum atomic E-state index is -0.527. The third-order valence-corrected chi connectivity index (χ3v) is 3.19. The minimum absolute atomic E-state index is 0.239. The first-order valence-electron chi connectivity index (χ1n) is 5.81. The van der Waals surface area contributed by atoms with Gasteiger partial charge in [-0.3, -0.25) is 19.3 Å². The molecule has 1 saturated heterocycles. The van der Waals surface area contributed by atoms with Gasteiger partial charge in [0.25, 0.3) is 0 Å². The maximum atomic E-state index is 12.0. The quantitative estimate of drug-likeness (QED) is 0.407. The van der Waals surface area contributed by atoms with Gasteiger partial charge in [0, 0.05) is 0 Å². The van der Waals surface area contributed by atoms with Crippen molar-refractivity contribution >= 4 is 17.8 Å². The molecule has 2 amide bonds. The monoisotopic (exact) mass is 237 g/mol. The van der Waals surface area contributed by atoms with Crippen LogP contribution >= 0.6 is 0 Å². The molecule has 0 aromatic heterocycles. The van der Waals surface area contributed by atoms with Crippen molar-refractivity contribution < 1.29 is 19.1 Å². The second-order valence-corrected chi connectivity index (χ2v) is 4.22. The number of amides is 2. The molecule has 1 fully saturated rings. The van der Waals surface area contributed by atoms with Crippen molar-refractivity contribution in [2.45, 2.75) is 19.8 Å². The number of fused-ring (bicyclic) bond motifs is 1. The normalized spacial score (nSPS) is 27.2. The standard InChI is InChI=1S/C12H15NO4/c1-2-17-10(14)7-13-11(15)8-5-3-4-6-9(8)12(13)16/h3-4,8-9H,2,5-7H2,1H3/t8-,9+. The first-order valence-corrected chi connectivity index (χ1v) is 5.81. The molecule has 2 atom stereocenters. The average molecular weight is 237 g/mol. The lowest BCUT2D eigenvalue weighted by Gasteiger charge is -2.14. The van der Waals surface area contributed by atoms with Crippen LogP contribution in [0.2, 0.25) is 0 Å². The SMILES string of the molecule is CCOC(=O)CN1C(=O)[C@H]2CC=CC[C@H]2C1=O. The van der Waals surface area contributed by atoms with Gasteiger partial charge in [-0.25, -0.2) is 0 Å². The molecule has 0 unspecified atom stereocenters. The zero-order valence-electron chi connectivity index (χ0n) is 9.72. The summed E-state index contributed by atoms with van der Waals surface area (Å²) in [6.45, 7) is 1.69. The van der Waals surface area contributed by atoms with E-state index in [1.165, 1.54) is 0 Å². The smallest absolute Gasteiger partial charge is 0.326 e. The summed E-state index contributed by atoms with van der Waals surface area (Å²) in [5.41, 5.74) is 0. The molecule has 0 saturated carbocycles. The maximum absolute atomic E-state index is 12.0. The van der Waals surface area contributed by atoms with Crippen LogP contribution in [-0.4, -0.2) is 35.8 Å². The fourth-order valence-corrected chi connectivity index (χ4v) is 2.36. The van der Waals surface area contributed by atoms with Crippen LogP contribution in [0, 0.1) is 11.8 Å². The van der Waals surface area contributed by atoms with E-state index in [2.05, 4.69) is 0 Å². The van der Waals surface area contributed by atoms with Crippen molar-refractivity contribution in [2.24, 2.45) is 11.8 Å². The summed E-state index contributed by atoms with van der Waals surface area (Å²) in [5, 5.41) is 0. The lowest BCUT2D eigenvalue weighted by atomic mass is 9.85. The van der Waals surface area contributed by atoms with E-state index in [1.54, 1.807) is 6.92 Å². The lowest BCUT2D eigenvalue weighted by Crippen LogP contribution is -2.36. The van der Waals surface area contributed by atoms with E-state index >= 15 is 0 Å². The van der Waals surface area contributed by atoms with Gasteiger partial charge in [0.1, 0.15) is 6.54 Å². The van der Waals surface area contributed by atoms with Gasteiger partial charge in [-0.15, -0.1) is 0 Å². The highest BCUT2D eigenvalue weighted by Crippen LogP contribution is 2.34. The summed E-state index contributed by atoms with van der Waals surface area (Å²) in [6.07, 6.45) is 5.02. The van der Waals surface area contributed by atoms with Crippen LogP contribution in [-0.2, 0) is 19.1 Å². The van der Waals surface area contributed by atoms with Crippen molar-refractivity contribution in [3.05, 3.63) is 12.2 Å². The average Bonchev–Trinajstić information content (AvgIpc) is 2.56. The van der Waals surface area contributed by atoms with Crippen molar-refractivity contribution in [1.82, 2.24) is 4.90 Å². The highest BCUT2D eigenvalue weighted by Gasteiger charge is 2.47. The molecular formula is C12H15NO4. The Morgan fingerprint density at radius 2 is 1.82 bits per heavy atom. The molecular weight excluding hydrogens is 222 g/mol. The number of rotatable bonds is 3. The molecule has 1 aliphatic carbocycles. The summed E-state index contributed by atoms with van der Waals surface area (Å²) < 4.78 is 4.75. The van der Waals surface area contributed by atoms with E-state index in [9.17, 15) is 14.4 Å². The fourth-order valence-electron chi connectivity index (χ4n) is 2.36. The van der Waals surface area contributed by atoms with Crippen molar-refractivity contribution in [1.29, 1.82) is 0 Å². The van der Waals surface area contributed by atoms with Gasteiger partial charge in [-0.05, 0) is 19.8 Å². The maximum Gasteiger partial charge on any atom is 0.326 e. The molecule has 0 radical (unpaired) electrons. The molecule has 0 aromatic rings. The number of likely N-dealkylation sites (tertiary alicyclic amines) is 1. The van der Waals surface area contributed by atoms with Crippen molar-refractivity contribution in [3.8, 4) is 0 Å². The Morgan fingerprint density at radius 3 is 2.29 bits per heavy atom. The van der Waals surface area contributed by atoms with Gasteiger partial charge < -0.3 is 4.74 Å². The van der Waals surface area contributed by atoms with E-state index < -0.39 is 5.97 Å². The number of esters is 1. The number of hydrogen-bond donors (Lipinski definition) is 0. The first-order chi connectivity index (χ1) is 8.15.